The van der Waals surface area contributed by atoms with E-state index in [1.807, 2.05) is 36.5 Å². The lowest BCUT2D eigenvalue weighted by atomic mass is 10.0. The molecule has 1 N–H and O–H groups in total. The van der Waals surface area contributed by atoms with E-state index in [0.717, 1.165) is 27.6 Å². The Morgan fingerprint density at radius 3 is 2.68 bits per heavy atom. The minimum atomic E-state index is 0.543. The zero-order valence-electron chi connectivity index (χ0n) is 9.87. The molecule has 0 unspecified atom stereocenters. The van der Waals surface area contributed by atoms with Gasteiger partial charge in [0.05, 0.1) is 10.0 Å². The van der Waals surface area contributed by atoms with E-state index in [1.165, 1.54) is 0 Å². The summed E-state index contributed by atoms with van der Waals surface area (Å²) in [6, 6.07) is 11.4. The van der Waals surface area contributed by atoms with E-state index in [2.05, 4.69) is 10.9 Å². The number of hydrogen-bond donors (Lipinski definition) is 1. The van der Waals surface area contributed by atoms with E-state index in [1.54, 1.807) is 6.07 Å². The summed E-state index contributed by atoms with van der Waals surface area (Å²) >= 11 is 12.3. The van der Waals surface area contributed by atoms with E-state index in [9.17, 15) is 0 Å². The Kier molecular flexibility index (Phi) is 2.98. The Balaban J connectivity index is 2.31. The van der Waals surface area contributed by atoms with Crippen molar-refractivity contribution in [2.24, 2.45) is 0 Å². The number of benzene rings is 2. The smallest absolute Gasteiger partial charge is 0.0671 e. The third-order valence-corrected chi connectivity index (χ3v) is 3.91. The average molecular weight is 286 g/mol. The fourth-order valence-electron chi connectivity index (χ4n) is 2.15. The number of aromatic amines is 1. The molecule has 0 aliphatic carbocycles. The van der Waals surface area contributed by atoms with Crippen molar-refractivity contribution in [3.63, 3.8) is 0 Å². The van der Waals surface area contributed by atoms with Crippen molar-refractivity contribution in [1.29, 1.82) is 0 Å². The van der Waals surface area contributed by atoms with Crippen LogP contribution in [-0.4, -0.2) is 4.98 Å². The molecule has 1 heterocycles. The third kappa shape index (κ3) is 2.00. The highest BCUT2D eigenvalue weighted by Gasteiger charge is 2.11. The second kappa shape index (κ2) is 4.66. The number of terminal acetylenes is 1. The minimum Gasteiger partial charge on any atom is -0.361 e. The quantitative estimate of drug-likeness (QED) is 0.597. The van der Waals surface area contributed by atoms with Crippen molar-refractivity contribution in [3.05, 3.63) is 58.2 Å². The average Bonchev–Trinajstić information content (AvgIpc) is 2.84. The zero-order valence-corrected chi connectivity index (χ0v) is 11.4. The summed E-state index contributed by atoms with van der Waals surface area (Å²) in [5.74, 6) is 2.64. The van der Waals surface area contributed by atoms with Crippen LogP contribution in [0.25, 0.3) is 22.0 Å². The molecule has 0 aliphatic heterocycles. The second-order valence-corrected chi connectivity index (χ2v) is 4.99. The van der Waals surface area contributed by atoms with Crippen molar-refractivity contribution >= 4 is 34.1 Å². The molecule has 92 valence electrons. The highest BCUT2D eigenvalue weighted by molar-refractivity contribution is 6.43. The van der Waals surface area contributed by atoms with Crippen molar-refractivity contribution in [1.82, 2.24) is 4.98 Å². The number of aromatic nitrogens is 1. The second-order valence-electron chi connectivity index (χ2n) is 4.21. The first-order valence-electron chi connectivity index (χ1n) is 5.73. The fourth-order valence-corrected chi connectivity index (χ4v) is 2.55. The molecule has 3 rings (SSSR count). The largest absolute Gasteiger partial charge is 0.361 e. The van der Waals surface area contributed by atoms with Gasteiger partial charge in [-0.25, -0.2) is 0 Å². The highest BCUT2D eigenvalue weighted by Crippen LogP contribution is 2.37. The lowest BCUT2D eigenvalue weighted by molar-refractivity contribution is 1.47. The molecular formula is C16H9Cl2N. The van der Waals surface area contributed by atoms with Gasteiger partial charge in [0.2, 0.25) is 0 Å². The normalized spacial score (nSPS) is 10.6. The van der Waals surface area contributed by atoms with Crippen LogP contribution in [0, 0.1) is 12.3 Å². The molecule has 3 aromatic rings. The molecule has 0 bridgehead atoms. The predicted octanol–water partition coefficient (Wildman–Crippen LogP) is 5.12. The van der Waals surface area contributed by atoms with Crippen LogP contribution in [0.5, 0.6) is 0 Å². The molecule has 0 spiro atoms. The standard InChI is InChI=1S/C16H9Cl2N/c1-2-10-6-7-15-12(8-10)13(9-19-15)11-4-3-5-14(17)16(11)18/h1,3-9,19H. The molecule has 0 saturated heterocycles. The van der Waals surface area contributed by atoms with Gasteiger partial charge in [-0.05, 0) is 24.3 Å². The van der Waals surface area contributed by atoms with E-state index in [-0.39, 0.29) is 0 Å². The van der Waals surface area contributed by atoms with E-state index < -0.39 is 0 Å². The lowest BCUT2D eigenvalue weighted by Gasteiger charge is -2.04. The number of H-pyrrole nitrogens is 1. The molecule has 0 amide bonds. The van der Waals surface area contributed by atoms with Gasteiger partial charge in [0, 0.05) is 33.8 Å². The Bertz CT molecular complexity index is 809. The van der Waals surface area contributed by atoms with Crippen LogP contribution >= 0.6 is 23.2 Å². The van der Waals surface area contributed by atoms with Gasteiger partial charge >= 0.3 is 0 Å². The number of nitrogens with one attached hydrogen (secondary N) is 1. The van der Waals surface area contributed by atoms with E-state index in [0.29, 0.717) is 10.0 Å². The lowest BCUT2D eigenvalue weighted by Crippen LogP contribution is -1.80. The highest BCUT2D eigenvalue weighted by atomic mass is 35.5. The summed E-state index contributed by atoms with van der Waals surface area (Å²) in [5, 5.41) is 2.14. The Hall–Kier alpha value is -1.88. The Labute approximate surface area is 121 Å². The van der Waals surface area contributed by atoms with Crippen molar-refractivity contribution < 1.29 is 0 Å². The Morgan fingerprint density at radius 1 is 1.05 bits per heavy atom. The van der Waals surface area contributed by atoms with Crippen LogP contribution in [0.3, 0.4) is 0 Å². The minimum absolute atomic E-state index is 0.543. The predicted molar refractivity (Wildman–Crippen MR) is 81.7 cm³/mol. The fraction of sp³-hybridized carbons (Fsp3) is 0. The van der Waals surface area contributed by atoms with E-state index in [4.69, 9.17) is 29.6 Å². The summed E-state index contributed by atoms with van der Waals surface area (Å²) in [6.45, 7) is 0. The topological polar surface area (TPSA) is 15.8 Å². The molecule has 3 heteroatoms. The van der Waals surface area contributed by atoms with E-state index >= 15 is 0 Å². The van der Waals surface area contributed by atoms with Gasteiger partial charge in [0.25, 0.3) is 0 Å². The number of rotatable bonds is 1. The SMILES string of the molecule is C#Cc1ccc2[nH]cc(-c3cccc(Cl)c3Cl)c2c1. The van der Waals surface area contributed by atoms with Crippen LogP contribution in [0.15, 0.2) is 42.6 Å². The maximum absolute atomic E-state index is 6.27. The summed E-state index contributed by atoms with van der Waals surface area (Å²) in [4.78, 5) is 3.21. The third-order valence-electron chi connectivity index (χ3n) is 3.09. The molecule has 0 saturated carbocycles. The number of halogens is 2. The first-order chi connectivity index (χ1) is 9.20. The van der Waals surface area contributed by atoms with Crippen LogP contribution in [0.2, 0.25) is 10.0 Å². The van der Waals surface area contributed by atoms with Gasteiger partial charge in [0.15, 0.2) is 0 Å². The van der Waals surface area contributed by atoms with Gasteiger partial charge in [0.1, 0.15) is 0 Å². The molecule has 0 aliphatic rings. The Morgan fingerprint density at radius 2 is 1.89 bits per heavy atom. The first-order valence-corrected chi connectivity index (χ1v) is 6.48. The van der Waals surface area contributed by atoms with Crippen LogP contribution in [-0.2, 0) is 0 Å². The molecule has 2 aromatic carbocycles. The summed E-state index contributed by atoms with van der Waals surface area (Å²) in [5.41, 5.74) is 3.76. The first kappa shape index (κ1) is 12.2. The van der Waals surface area contributed by atoms with Gasteiger partial charge < -0.3 is 4.98 Å². The molecule has 0 atom stereocenters. The van der Waals surface area contributed by atoms with Crippen molar-refractivity contribution in [2.75, 3.05) is 0 Å². The van der Waals surface area contributed by atoms with Crippen molar-refractivity contribution in [2.45, 2.75) is 0 Å². The number of hydrogen-bond acceptors (Lipinski definition) is 0. The monoisotopic (exact) mass is 285 g/mol. The number of fused-ring (bicyclic) bond motifs is 1. The van der Waals surface area contributed by atoms with Crippen molar-refractivity contribution in [3.8, 4) is 23.5 Å². The van der Waals surface area contributed by atoms with Crippen LogP contribution < -0.4 is 0 Å². The van der Waals surface area contributed by atoms with Crippen LogP contribution in [0.1, 0.15) is 5.56 Å². The zero-order chi connectivity index (χ0) is 13.4. The maximum atomic E-state index is 6.27. The van der Waals surface area contributed by atoms with Crippen LogP contribution in [0.4, 0.5) is 0 Å². The molecular weight excluding hydrogens is 277 g/mol. The van der Waals surface area contributed by atoms with Gasteiger partial charge in [-0.1, -0.05) is 41.3 Å². The molecule has 0 fully saturated rings. The molecule has 0 radical (unpaired) electrons. The van der Waals surface area contributed by atoms with Gasteiger partial charge in [-0.15, -0.1) is 6.42 Å². The molecule has 1 nitrogen and oxygen atoms in total. The summed E-state index contributed by atoms with van der Waals surface area (Å²) in [6.07, 6.45) is 7.36. The molecule has 1 aromatic heterocycles. The maximum Gasteiger partial charge on any atom is 0.0671 e. The van der Waals surface area contributed by atoms with Gasteiger partial charge in [-0.2, -0.15) is 0 Å². The van der Waals surface area contributed by atoms with Gasteiger partial charge in [-0.3, -0.25) is 0 Å². The summed E-state index contributed by atoms with van der Waals surface area (Å²) in [7, 11) is 0. The summed E-state index contributed by atoms with van der Waals surface area (Å²) < 4.78 is 0. The molecule has 19 heavy (non-hydrogen) atoms.